The first-order valence-corrected chi connectivity index (χ1v) is 8.47. The molecule has 0 bridgehead atoms. The van der Waals surface area contributed by atoms with Gasteiger partial charge < -0.3 is 14.7 Å². The van der Waals surface area contributed by atoms with E-state index in [0.29, 0.717) is 48.2 Å². The number of amides is 2. The maximum atomic E-state index is 12.4. The molecule has 3 rings (SSSR count). The molecule has 1 saturated heterocycles. The molecule has 0 aromatic carbocycles. The summed E-state index contributed by atoms with van der Waals surface area (Å²) in [5.41, 5.74) is 0.653. The van der Waals surface area contributed by atoms with Gasteiger partial charge in [0.25, 0.3) is 5.91 Å². The number of nitrogens with zero attached hydrogens (tertiary/aromatic N) is 5. The van der Waals surface area contributed by atoms with Gasteiger partial charge in [0.15, 0.2) is 5.82 Å². The highest BCUT2D eigenvalue weighted by Gasteiger charge is 2.29. The summed E-state index contributed by atoms with van der Waals surface area (Å²) in [6.45, 7) is 4.82. The van der Waals surface area contributed by atoms with Gasteiger partial charge in [0.05, 0.1) is 12.2 Å². The van der Waals surface area contributed by atoms with E-state index < -0.39 is 0 Å². The molecule has 1 fully saturated rings. The van der Waals surface area contributed by atoms with E-state index in [-0.39, 0.29) is 24.3 Å². The van der Waals surface area contributed by atoms with Crippen LogP contribution in [-0.4, -0.2) is 49.5 Å². The number of aryl methyl sites for hydroxylation is 2. The van der Waals surface area contributed by atoms with Gasteiger partial charge in [-0.1, -0.05) is 9.64 Å². The lowest BCUT2D eigenvalue weighted by molar-refractivity contribution is -0.126. The Labute approximate surface area is 142 Å². The van der Waals surface area contributed by atoms with E-state index >= 15 is 0 Å². The molecule has 0 aliphatic carbocycles. The lowest BCUT2D eigenvalue weighted by atomic mass is 9.95. The fourth-order valence-electron chi connectivity index (χ4n) is 2.64. The average molecular weight is 350 g/mol. The first kappa shape index (κ1) is 16.5. The van der Waals surface area contributed by atoms with E-state index in [2.05, 4.69) is 25.0 Å². The van der Waals surface area contributed by atoms with Gasteiger partial charge in [-0.2, -0.15) is 4.98 Å². The summed E-state index contributed by atoms with van der Waals surface area (Å²) in [5.74, 6) is 0.718. The van der Waals surface area contributed by atoms with Gasteiger partial charge in [-0.05, 0) is 38.2 Å². The van der Waals surface area contributed by atoms with Crippen LogP contribution >= 0.6 is 11.5 Å². The van der Waals surface area contributed by atoms with Crippen LogP contribution in [0, 0.1) is 19.8 Å². The molecule has 1 aliphatic rings. The Morgan fingerprint density at radius 3 is 2.67 bits per heavy atom. The Bertz CT molecular complexity index is 734. The number of hydrogen-bond acceptors (Lipinski definition) is 8. The molecule has 0 unspecified atom stereocenters. The topological polar surface area (TPSA) is 114 Å². The second-order valence-corrected chi connectivity index (χ2v) is 6.46. The fourth-order valence-corrected chi connectivity index (χ4v) is 3.26. The normalized spacial score (nSPS) is 15.5. The summed E-state index contributed by atoms with van der Waals surface area (Å²) < 4.78 is 8.76. The first-order chi connectivity index (χ1) is 11.5. The third-order valence-corrected chi connectivity index (χ3v) is 4.80. The Morgan fingerprint density at radius 2 is 2.08 bits per heavy atom. The zero-order valence-electron chi connectivity index (χ0n) is 13.5. The molecule has 128 valence electrons. The molecule has 3 heterocycles. The third kappa shape index (κ3) is 3.58. The Hall–Kier alpha value is -2.36. The second-order valence-electron chi connectivity index (χ2n) is 5.71. The van der Waals surface area contributed by atoms with Gasteiger partial charge in [0.2, 0.25) is 11.8 Å². The predicted octanol–water partition coefficient (Wildman–Crippen LogP) is 0.707. The molecular formula is C14H18N6O3S. The van der Waals surface area contributed by atoms with Crippen molar-refractivity contribution in [3.63, 3.8) is 0 Å². The minimum atomic E-state index is -0.112. The van der Waals surface area contributed by atoms with Crippen molar-refractivity contribution < 1.29 is 14.1 Å². The minimum absolute atomic E-state index is 0.0476. The van der Waals surface area contributed by atoms with Gasteiger partial charge in [-0.15, -0.1) is 5.10 Å². The molecule has 1 aliphatic heterocycles. The summed E-state index contributed by atoms with van der Waals surface area (Å²) in [6.07, 6.45) is 1.26. The van der Waals surface area contributed by atoms with E-state index in [0.717, 1.165) is 11.5 Å². The zero-order chi connectivity index (χ0) is 17.1. The van der Waals surface area contributed by atoms with Crippen molar-refractivity contribution in [1.29, 1.82) is 0 Å². The lowest BCUT2D eigenvalue weighted by Gasteiger charge is -2.30. The van der Waals surface area contributed by atoms with Crippen LogP contribution in [0.3, 0.4) is 0 Å². The van der Waals surface area contributed by atoms with Crippen molar-refractivity contribution in [3.05, 3.63) is 22.3 Å². The molecule has 24 heavy (non-hydrogen) atoms. The number of hydrogen-bond donors (Lipinski definition) is 1. The molecule has 1 N–H and O–H groups in total. The predicted molar refractivity (Wildman–Crippen MR) is 84.2 cm³/mol. The van der Waals surface area contributed by atoms with E-state index in [1.54, 1.807) is 18.7 Å². The van der Waals surface area contributed by atoms with Gasteiger partial charge in [-0.25, -0.2) is 0 Å². The van der Waals surface area contributed by atoms with Crippen LogP contribution in [-0.2, 0) is 11.3 Å². The summed E-state index contributed by atoms with van der Waals surface area (Å²) in [5, 5.41) is 10.4. The van der Waals surface area contributed by atoms with Crippen molar-refractivity contribution in [1.82, 2.24) is 29.9 Å². The minimum Gasteiger partial charge on any atom is -0.347 e. The lowest BCUT2D eigenvalue weighted by Crippen LogP contribution is -2.42. The van der Waals surface area contributed by atoms with E-state index in [9.17, 15) is 9.59 Å². The number of rotatable bonds is 4. The van der Waals surface area contributed by atoms with Crippen molar-refractivity contribution in [3.8, 4) is 0 Å². The van der Waals surface area contributed by atoms with Gasteiger partial charge in [0.1, 0.15) is 4.88 Å². The number of aromatic nitrogens is 4. The summed E-state index contributed by atoms with van der Waals surface area (Å²) in [6, 6.07) is 0. The Kier molecular flexibility index (Phi) is 4.84. The van der Waals surface area contributed by atoms with Gasteiger partial charge >= 0.3 is 0 Å². The van der Waals surface area contributed by atoms with Crippen molar-refractivity contribution >= 4 is 23.3 Å². The molecule has 10 heteroatoms. The van der Waals surface area contributed by atoms with Crippen LogP contribution in [0.2, 0.25) is 0 Å². The Balaban J connectivity index is 1.48. The first-order valence-electron chi connectivity index (χ1n) is 7.69. The molecule has 0 saturated carbocycles. The summed E-state index contributed by atoms with van der Waals surface area (Å²) in [7, 11) is 0. The second kappa shape index (κ2) is 7.04. The number of likely N-dealkylation sites (tertiary alicyclic amines) is 1. The highest BCUT2D eigenvalue weighted by Crippen LogP contribution is 2.21. The zero-order valence-corrected chi connectivity index (χ0v) is 14.3. The summed E-state index contributed by atoms with van der Waals surface area (Å²) in [4.78, 5) is 31.0. The maximum absolute atomic E-state index is 12.4. The molecular weight excluding hydrogens is 332 g/mol. The molecule has 0 spiro atoms. The standard InChI is InChI=1S/C14H18N6O3S/c1-8-12(24-19-17-8)14(22)20-5-3-10(4-6-20)13(21)15-7-11-16-9(2)18-23-11/h10H,3-7H2,1-2H3,(H,15,21). The van der Waals surface area contributed by atoms with Gasteiger partial charge in [-0.3, -0.25) is 9.59 Å². The molecule has 0 radical (unpaired) electrons. The molecule has 2 aromatic heterocycles. The monoisotopic (exact) mass is 350 g/mol. The highest BCUT2D eigenvalue weighted by atomic mass is 32.1. The van der Waals surface area contributed by atoms with E-state index in [4.69, 9.17) is 4.52 Å². The van der Waals surface area contributed by atoms with Gasteiger partial charge in [0, 0.05) is 19.0 Å². The largest absolute Gasteiger partial charge is 0.347 e. The maximum Gasteiger partial charge on any atom is 0.267 e. The van der Waals surface area contributed by atoms with Crippen molar-refractivity contribution in [2.75, 3.05) is 13.1 Å². The molecule has 2 amide bonds. The van der Waals surface area contributed by atoms with Crippen LogP contribution < -0.4 is 5.32 Å². The molecule has 0 atom stereocenters. The quantitative estimate of drug-likeness (QED) is 0.863. The van der Waals surface area contributed by atoms with Crippen LogP contribution in [0.4, 0.5) is 0 Å². The van der Waals surface area contributed by atoms with Crippen LogP contribution in [0.15, 0.2) is 4.52 Å². The smallest absolute Gasteiger partial charge is 0.267 e. The number of carbonyl (C=O) groups is 2. The van der Waals surface area contributed by atoms with E-state index in [1.807, 2.05) is 0 Å². The number of nitrogens with one attached hydrogen (secondary N) is 1. The van der Waals surface area contributed by atoms with Crippen LogP contribution in [0.1, 0.15) is 39.9 Å². The average Bonchev–Trinajstić information content (AvgIpc) is 3.20. The van der Waals surface area contributed by atoms with Crippen molar-refractivity contribution in [2.45, 2.75) is 33.2 Å². The highest BCUT2D eigenvalue weighted by molar-refractivity contribution is 7.07. The third-order valence-electron chi connectivity index (χ3n) is 3.98. The van der Waals surface area contributed by atoms with E-state index in [1.165, 1.54) is 0 Å². The number of piperidine rings is 1. The van der Waals surface area contributed by atoms with Crippen LogP contribution in [0.5, 0.6) is 0 Å². The summed E-state index contributed by atoms with van der Waals surface area (Å²) >= 11 is 1.11. The Morgan fingerprint density at radius 1 is 1.33 bits per heavy atom. The van der Waals surface area contributed by atoms with Crippen molar-refractivity contribution in [2.24, 2.45) is 5.92 Å². The number of carbonyl (C=O) groups excluding carboxylic acids is 2. The molecule has 2 aromatic rings. The molecule has 9 nitrogen and oxygen atoms in total. The SMILES string of the molecule is Cc1noc(CNC(=O)C2CCN(C(=O)c3snnc3C)CC2)n1. The fraction of sp³-hybridized carbons (Fsp3) is 0.571. The van der Waals surface area contributed by atoms with Crippen LogP contribution in [0.25, 0.3) is 0 Å².